The van der Waals surface area contributed by atoms with Gasteiger partial charge in [-0.2, -0.15) is 0 Å². The quantitative estimate of drug-likeness (QED) is 0.127. The van der Waals surface area contributed by atoms with E-state index >= 15 is 0 Å². The highest BCUT2D eigenvalue weighted by molar-refractivity contribution is 7.99. The number of benzene rings is 5. The van der Waals surface area contributed by atoms with E-state index in [0.717, 1.165) is 32.0 Å². The molecule has 1 aliphatic rings. The van der Waals surface area contributed by atoms with E-state index in [1.54, 1.807) is 18.2 Å². The van der Waals surface area contributed by atoms with Crippen molar-refractivity contribution in [2.75, 3.05) is 22.6 Å². The van der Waals surface area contributed by atoms with Gasteiger partial charge in [-0.1, -0.05) is 80.2 Å². The Labute approximate surface area is 321 Å². The molecule has 7 aromatic rings. The first kappa shape index (κ1) is 35.4. The molecule has 272 valence electrons. The van der Waals surface area contributed by atoms with Crippen molar-refractivity contribution in [3.63, 3.8) is 0 Å². The van der Waals surface area contributed by atoms with Crippen LogP contribution >= 0.6 is 11.8 Å². The average molecular weight is 747 g/mol. The first-order valence-electron chi connectivity index (χ1n) is 17.8. The molecule has 0 unspecified atom stereocenters. The normalized spacial score (nSPS) is 11.9. The molecule has 2 amide bonds. The van der Waals surface area contributed by atoms with Gasteiger partial charge in [0.1, 0.15) is 24.6 Å². The SMILES string of the molecule is CC(C)c1ccc2c(Nc3cc(C(=O)Nc4cccc(F)c4)ccc3Sc3ccc(NC(=O)OCC4c5ccccc5-c5ccccc54)cc3)ncnc2n1. The highest BCUT2D eigenvalue weighted by Gasteiger charge is 2.29. The van der Waals surface area contributed by atoms with Crippen LogP contribution in [0.3, 0.4) is 0 Å². The summed E-state index contributed by atoms with van der Waals surface area (Å²) in [7, 11) is 0. The molecule has 9 nitrogen and oxygen atoms in total. The van der Waals surface area contributed by atoms with Crippen molar-refractivity contribution in [2.24, 2.45) is 0 Å². The summed E-state index contributed by atoms with van der Waals surface area (Å²) in [5.74, 6) is -0.124. The molecule has 0 spiro atoms. The summed E-state index contributed by atoms with van der Waals surface area (Å²) >= 11 is 1.47. The molecule has 11 heteroatoms. The summed E-state index contributed by atoms with van der Waals surface area (Å²) in [4.78, 5) is 41.6. The van der Waals surface area contributed by atoms with E-state index in [-0.39, 0.29) is 18.4 Å². The fourth-order valence-electron chi connectivity index (χ4n) is 6.62. The summed E-state index contributed by atoms with van der Waals surface area (Å²) in [6.45, 7) is 4.36. The van der Waals surface area contributed by atoms with Gasteiger partial charge in [-0.3, -0.25) is 10.1 Å². The average Bonchev–Trinajstić information content (AvgIpc) is 3.51. The van der Waals surface area contributed by atoms with Gasteiger partial charge in [-0.05, 0) is 101 Å². The Hall–Kier alpha value is -6.59. The number of ether oxygens (including phenoxy) is 1. The van der Waals surface area contributed by atoms with E-state index in [9.17, 15) is 14.0 Å². The molecule has 0 fully saturated rings. The lowest BCUT2D eigenvalue weighted by Crippen LogP contribution is -2.17. The lowest BCUT2D eigenvalue weighted by Gasteiger charge is -2.16. The van der Waals surface area contributed by atoms with Gasteiger partial charge in [0.05, 0.1) is 11.1 Å². The van der Waals surface area contributed by atoms with Crippen molar-refractivity contribution >= 4 is 57.7 Å². The predicted molar refractivity (Wildman–Crippen MR) is 215 cm³/mol. The third-order valence-corrected chi connectivity index (χ3v) is 10.4. The first-order chi connectivity index (χ1) is 26.8. The monoisotopic (exact) mass is 746 g/mol. The van der Waals surface area contributed by atoms with Crippen molar-refractivity contribution in [1.82, 2.24) is 15.0 Å². The molecule has 0 saturated heterocycles. The van der Waals surface area contributed by atoms with Crippen molar-refractivity contribution in [3.05, 3.63) is 162 Å². The van der Waals surface area contributed by atoms with E-state index < -0.39 is 17.8 Å². The fraction of sp³-hybridized carbons (Fsp3) is 0.114. The van der Waals surface area contributed by atoms with Crippen molar-refractivity contribution in [3.8, 4) is 11.1 Å². The molecule has 0 atom stereocenters. The molecule has 1 aliphatic carbocycles. The van der Waals surface area contributed by atoms with Crippen molar-refractivity contribution in [2.45, 2.75) is 35.5 Å². The molecule has 2 aromatic heterocycles. The topological polar surface area (TPSA) is 118 Å². The zero-order chi connectivity index (χ0) is 37.9. The molecule has 3 N–H and O–H groups in total. The van der Waals surface area contributed by atoms with Crippen LogP contribution in [-0.2, 0) is 4.74 Å². The van der Waals surface area contributed by atoms with Crippen LogP contribution in [0.15, 0.2) is 144 Å². The van der Waals surface area contributed by atoms with Crippen LogP contribution in [0.2, 0.25) is 0 Å². The number of rotatable bonds is 10. The number of amides is 2. The highest BCUT2D eigenvalue weighted by Crippen LogP contribution is 2.44. The second-order valence-corrected chi connectivity index (χ2v) is 14.5. The van der Waals surface area contributed by atoms with Gasteiger partial charge in [-0.25, -0.2) is 24.1 Å². The molecule has 0 aliphatic heterocycles. The maximum Gasteiger partial charge on any atom is 0.411 e. The van der Waals surface area contributed by atoms with E-state index in [4.69, 9.17) is 9.72 Å². The Balaban J connectivity index is 0.995. The summed E-state index contributed by atoms with van der Waals surface area (Å²) in [6.07, 6.45) is 0.921. The smallest absolute Gasteiger partial charge is 0.411 e. The Morgan fingerprint density at radius 3 is 2.25 bits per heavy atom. The lowest BCUT2D eigenvalue weighted by atomic mass is 9.98. The molecule has 2 heterocycles. The number of hydrogen-bond acceptors (Lipinski definition) is 8. The minimum Gasteiger partial charge on any atom is -0.448 e. The second kappa shape index (κ2) is 15.4. The van der Waals surface area contributed by atoms with Gasteiger partial charge >= 0.3 is 6.09 Å². The number of aromatic nitrogens is 3. The number of anilines is 4. The van der Waals surface area contributed by atoms with Crippen LogP contribution in [0.25, 0.3) is 22.2 Å². The number of halogens is 1. The Morgan fingerprint density at radius 1 is 0.782 bits per heavy atom. The highest BCUT2D eigenvalue weighted by atomic mass is 32.2. The zero-order valence-electron chi connectivity index (χ0n) is 29.9. The minimum atomic E-state index is -0.534. The van der Waals surface area contributed by atoms with Crippen LogP contribution in [-0.4, -0.2) is 33.6 Å². The maximum absolute atomic E-state index is 13.8. The van der Waals surface area contributed by atoms with Crippen LogP contribution in [0.5, 0.6) is 0 Å². The first-order valence-corrected chi connectivity index (χ1v) is 18.6. The molecular formula is C44H35FN6O3S. The Morgan fingerprint density at radius 2 is 1.53 bits per heavy atom. The fourth-order valence-corrected chi connectivity index (χ4v) is 7.50. The zero-order valence-corrected chi connectivity index (χ0v) is 30.7. The van der Waals surface area contributed by atoms with Crippen LogP contribution < -0.4 is 16.0 Å². The summed E-state index contributed by atoms with van der Waals surface area (Å²) in [5.41, 5.74) is 8.02. The molecule has 0 saturated carbocycles. The predicted octanol–water partition coefficient (Wildman–Crippen LogP) is 10.8. The molecule has 0 radical (unpaired) electrons. The van der Waals surface area contributed by atoms with Crippen LogP contribution in [0.1, 0.15) is 52.9 Å². The number of hydrogen-bond donors (Lipinski definition) is 3. The minimum absolute atomic E-state index is 0.0346. The van der Waals surface area contributed by atoms with Crippen molar-refractivity contribution < 1.29 is 18.7 Å². The molecule has 8 rings (SSSR count). The number of nitrogens with one attached hydrogen (secondary N) is 3. The van der Waals surface area contributed by atoms with Gasteiger partial charge in [0.2, 0.25) is 0 Å². The molecule has 0 bridgehead atoms. The lowest BCUT2D eigenvalue weighted by molar-refractivity contribution is 0.102. The third kappa shape index (κ3) is 7.74. The van der Waals surface area contributed by atoms with E-state index in [1.165, 1.54) is 47.4 Å². The van der Waals surface area contributed by atoms with Crippen molar-refractivity contribution in [1.29, 1.82) is 0 Å². The molecular weight excluding hydrogens is 712 g/mol. The largest absolute Gasteiger partial charge is 0.448 e. The summed E-state index contributed by atoms with van der Waals surface area (Å²) < 4.78 is 19.6. The second-order valence-electron chi connectivity index (χ2n) is 13.4. The summed E-state index contributed by atoms with van der Waals surface area (Å²) in [5, 5.41) is 9.75. The molecule has 5 aromatic carbocycles. The van der Waals surface area contributed by atoms with Crippen LogP contribution in [0, 0.1) is 5.82 Å². The Bertz CT molecular complexity index is 2520. The number of carbonyl (C=O) groups is 2. The van der Waals surface area contributed by atoms with Gasteiger partial charge in [0.25, 0.3) is 5.91 Å². The van der Waals surface area contributed by atoms with E-state index in [2.05, 4.69) is 64.0 Å². The number of fused-ring (bicyclic) bond motifs is 4. The number of carbonyl (C=O) groups excluding carboxylic acids is 2. The van der Waals surface area contributed by atoms with Gasteiger partial charge in [0.15, 0.2) is 5.65 Å². The number of pyridine rings is 1. The third-order valence-electron chi connectivity index (χ3n) is 9.36. The van der Waals surface area contributed by atoms with Gasteiger partial charge in [-0.15, -0.1) is 0 Å². The molecule has 55 heavy (non-hydrogen) atoms. The van der Waals surface area contributed by atoms with E-state index in [0.29, 0.717) is 34.1 Å². The summed E-state index contributed by atoms with van der Waals surface area (Å²) in [6, 6.07) is 38.8. The van der Waals surface area contributed by atoms with Gasteiger partial charge < -0.3 is 15.4 Å². The van der Waals surface area contributed by atoms with E-state index in [1.807, 2.05) is 66.7 Å². The number of nitrogens with zero attached hydrogens (tertiary/aromatic N) is 3. The maximum atomic E-state index is 13.8. The van der Waals surface area contributed by atoms with Gasteiger partial charge in [0, 0.05) is 38.3 Å². The Kier molecular flexibility index (Phi) is 9.93. The standard InChI is InChI=1S/C44H35FN6O3S/c1-26(2)38-20-19-36-41(50-38)46-25-47-42(36)51-39-22-27(43(52)48-30-9-7-8-28(45)23-30)14-21-40(39)55-31-17-15-29(16-18-31)49-44(53)54-24-37-34-12-5-3-10-32(34)33-11-4-6-13-35(33)37/h3-23,25-26,37H,24H2,1-2H3,(H,48,52)(H,49,53)(H,46,47,50,51). The van der Waals surface area contributed by atoms with Crippen LogP contribution in [0.4, 0.5) is 32.1 Å².